The van der Waals surface area contributed by atoms with Gasteiger partial charge in [-0.05, 0) is 42.6 Å². The number of thiophene rings is 1. The number of nitrogens with zero attached hydrogens (tertiary/aromatic N) is 4. The molecule has 0 bridgehead atoms. The summed E-state index contributed by atoms with van der Waals surface area (Å²) in [7, 11) is 0. The molecule has 140 valence electrons. The van der Waals surface area contributed by atoms with E-state index in [2.05, 4.69) is 20.7 Å². The molecule has 3 rings (SSSR count). The molecule has 0 saturated heterocycles. The van der Waals surface area contributed by atoms with Crippen molar-refractivity contribution in [2.75, 3.05) is 0 Å². The van der Waals surface area contributed by atoms with Crippen LogP contribution in [0.25, 0.3) is 11.4 Å². The third-order valence-electron chi connectivity index (χ3n) is 3.48. The summed E-state index contributed by atoms with van der Waals surface area (Å²) in [6, 6.07) is 10.7. The average molecular weight is 385 g/mol. The lowest BCUT2D eigenvalue weighted by molar-refractivity contribution is -0.122. The van der Waals surface area contributed by atoms with Gasteiger partial charge in [0, 0.05) is 10.4 Å². The summed E-state index contributed by atoms with van der Waals surface area (Å²) < 4.78 is 5.19. The number of esters is 1. The zero-order valence-electron chi connectivity index (χ0n) is 15.0. The Bertz CT molecular complexity index is 921. The van der Waals surface area contributed by atoms with Crippen molar-refractivity contribution in [1.82, 2.24) is 25.5 Å². The summed E-state index contributed by atoms with van der Waals surface area (Å²) in [5, 5.41) is 16.8. The van der Waals surface area contributed by atoms with Crippen molar-refractivity contribution in [2.24, 2.45) is 0 Å². The minimum atomic E-state index is -0.410. The summed E-state index contributed by atoms with van der Waals surface area (Å²) in [5.41, 5.74) is 1.03. The molecular formula is C18H19N5O3S. The van der Waals surface area contributed by atoms with E-state index in [4.69, 9.17) is 4.74 Å². The van der Waals surface area contributed by atoms with E-state index in [-0.39, 0.29) is 18.6 Å². The number of amides is 1. The zero-order valence-corrected chi connectivity index (χ0v) is 15.8. The molecule has 9 heteroatoms. The summed E-state index contributed by atoms with van der Waals surface area (Å²) in [5.74, 6) is -0.283. The van der Waals surface area contributed by atoms with Crippen LogP contribution in [0.4, 0.5) is 0 Å². The molecule has 27 heavy (non-hydrogen) atoms. The molecule has 0 atom stereocenters. The molecule has 0 saturated carbocycles. The summed E-state index contributed by atoms with van der Waals surface area (Å²) in [6.45, 7) is 4.02. The van der Waals surface area contributed by atoms with Gasteiger partial charge in [-0.3, -0.25) is 4.79 Å². The summed E-state index contributed by atoms with van der Waals surface area (Å²) in [4.78, 5) is 26.3. The smallest absolute Gasteiger partial charge is 0.338 e. The SMILES string of the molecule is CC(C)OC(=O)c1cccc(-c2nnn(CC(=O)NCc3cccs3)n2)c1. The fraction of sp³-hybridized carbons (Fsp3) is 0.278. The minimum Gasteiger partial charge on any atom is -0.459 e. The van der Waals surface area contributed by atoms with Crippen molar-refractivity contribution < 1.29 is 14.3 Å². The normalized spacial score (nSPS) is 10.8. The number of tetrazole rings is 1. The van der Waals surface area contributed by atoms with Crippen LogP contribution in [0.3, 0.4) is 0 Å². The number of rotatable bonds is 7. The second kappa shape index (κ2) is 8.54. The Morgan fingerprint density at radius 1 is 1.26 bits per heavy atom. The molecule has 0 unspecified atom stereocenters. The van der Waals surface area contributed by atoms with Gasteiger partial charge in [-0.25, -0.2) is 4.79 Å². The third-order valence-corrected chi connectivity index (χ3v) is 4.35. The molecule has 2 heterocycles. The molecule has 0 aliphatic carbocycles. The number of carbonyl (C=O) groups excluding carboxylic acids is 2. The summed E-state index contributed by atoms with van der Waals surface area (Å²) in [6.07, 6.45) is -0.201. The van der Waals surface area contributed by atoms with E-state index in [1.807, 2.05) is 17.5 Å². The maximum absolute atomic E-state index is 12.0. The van der Waals surface area contributed by atoms with Crippen molar-refractivity contribution in [3.8, 4) is 11.4 Å². The number of aromatic nitrogens is 4. The number of nitrogens with one attached hydrogen (secondary N) is 1. The highest BCUT2D eigenvalue weighted by molar-refractivity contribution is 7.09. The van der Waals surface area contributed by atoms with Crippen molar-refractivity contribution in [3.05, 3.63) is 52.2 Å². The number of ether oxygens (including phenoxy) is 1. The van der Waals surface area contributed by atoms with Crippen LogP contribution in [0, 0.1) is 0 Å². The Morgan fingerprint density at radius 3 is 2.85 bits per heavy atom. The molecule has 0 aliphatic heterocycles. The number of benzene rings is 1. The highest BCUT2D eigenvalue weighted by Crippen LogP contribution is 2.16. The maximum atomic E-state index is 12.0. The molecule has 0 spiro atoms. The second-order valence-corrected chi connectivity index (χ2v) is 7.07. The van der Waals surface area contributed by atoms with Crippen molar-refractivity contribution >= 4 is 23.2 Å². The van der Waals surface area contributed by atoms with Crippen LogP contribution in [0.1, 0.15) is 29.1 Å². The van der Waals surface area contributed by atoms with Crippen molar-refractivity contribution in [2.45, 2.75) is 33.0 Å². The first-order chi connectivity index (χ1) is 13.0. The van der Waals surface area contributed by atoms with Gasteiger partial charge in [0.25, 0.3) is 0 Å². The highest BCUT2D eigenvalue weighted by atomic mass is 32.1. The second-order valence-electron chi connectivity index (χ2n) is 6.03. The molecule has 3 aromatic rings. The molecule has 1 aromatic carbocycles. The van der Waals surface area contributed by atoms with Gasteiger partial charge >= 0.3 is 5.97 Å². The molecule has 0 aliphatic rings. The lowest BCUT2D eigenvalue weighted by Gasteiger charge is -2.08. The Hall–Kier alpha value is -3.07. The van der Waals surface area contributed by atoms with Crippen molar-refractivity contribution in [3.63, 3.8) is 0 Å². The fourth-order valence-electron chi connectivity index (χ4n) is 2.28. The first-order valence-electron chi connectivity index (χ1n) is 8.39. The van der Waals surface area contributed by atoms with E-state index >= 15 is 0 Å². The minimum absolute atomic E-state index is 0.0343. The highest BCUT2D eigenvalue weighted by Gasteiger charge is 2.13. The van der Waals surface area contributed by atoms with Gasteiger partial charge in [-0.2, -0.15) is 4.80 Å². The van der Waals surface area contributed by atoms with Gasteiger partial charge in [0.2, 0.25) is 11.7 Å². The van der Waals surface area contributed by atoms with Crippen LogP contribution < -0.4 is 5.32 Å². The van der Waals surface area contributed by atoms with E-state index in [1.54, 1.807) is 49.4 Å². The standard InChI is InChI=1S/C18H19N5O3S/c1-12(2)26-18(25)14-6-3-5-13(9-14)17-20-22-23(21-17)11-16(24)19-10-15-7-4-8-27-15/h3-9,12H,10-11H2,1-2H3,(H,19,24). The average Bonchev–Trinajstić information content (AvgIpc) is 3.31. The van der Waals surface area contributed by atoms with Gasteiger partial charge in [0.1, 0.15) is 6.54 Å². The molecule has 8 nitrogen and oxygen atoms in total. The van der Waals surface area contributed by atoms with Crippen LogP contribution in [0.5, 0.6) is 0 Å². The first kappa shape index (κ1) is 18.7. The van der Waals surface area contributed by atoms with Crippen LogP contribution in [0.15, 0.2) is 41.8 Å². The van der Waals surface area contributed by atoms with Crippen LogP contribution in [-0.4, -0.2) is 38.2 Å². The van der Waals surface area contributed by atoms with Crippen LogP contribution in [0.2, 0.25) is 0 Å². The van der Waals surface area contributed by atoms with E-state index < -0.39 is 5.97 Å². The molecule has 0 radical (unpaired) electrons. The molecular weight excluding hydrogens is 366 g/mol. The van der Waals surface area contributed by atoms with E-state index in [0.717, 1.165) is 4.88 Å². The number of hydrogen-bond acceptors (Lipinski definition) is 7. The predicted octanol–water partition coefficient (Wildman–Crippen LogP) is 2.28. The fourth-order valence-corrected chi connectivity index (χ4v) is 2.92. The van der Waals surface area contributed by atoms with Crippen molar-refractivity contribution in [1.29, 1.82) is 0 Å². The molecule has 0 fully saturated rings. The number of carbonyl (C=O) groups is 2. The Balaban J connectivity index is 1.63. The van der Waals surface area contributed by atoms with Gasteiger partial charge in [0.05, 0.1) is 18.2 Å². The third kappa shape index (κ3) is 5.20. The number of hydrogen-bond donors (Lipinski definition) is 1. The predicted molar refractivity (Wildman–Crippen MR) is 100.0 cm³/mol. The first-order valence-corrected chi connectivity index (χ1v) is 9.27. The Kier molecular flexibility index (Phi) is 5.92. The Morgan fingerprint density at radius 2 is 2.11 bits per heavy atom. The molecule has 2 aromatic heterocycles. The largest absolute Gasteiger partial charge is 0.459 e. The van der Waals surface area contributed by atoms with Gasteiger partial charge in [-0.15, -0.1) is 21.5 Å². The van der Waals surface area contributed by atoms with Crippen LogP contribution >= 0.6 is 11.3 Å². The molecule has 1 amide bonds. The van der Waals surface area contributed by atoms with E-state index in [9.17, 15) is 9.59 Å². The maximum Gasteiger partial charge on any atom is 0.338 e. The van der Waals surface area contributed by atoms with Gasteiger partial charge in [0.15, 0.2) is 0 Å². The van der Waals surface area contributed by atoms with E-state index in [0.29, 0.717) is 23.5 Å². The lowest BCUT2D eigenvalue weighted by atomic mass is 10.1. The lowest BCUT2D eigenvalue weighted by Crippen LogP contribution is -2.27. The Labute approximate surface area is 160 Å². The van der Waals surface area contributed by atoms with Gasteiger partial charge < -0.3 is 10.1 Å². The zero-order chi connectivity index (χ0) is 19.2. The summed E-state index contributed by atoms with van der Waals surface area (Å²) >= 11 is 1.58. The monoisotopic (exact) mass is 385 g/mol. The topological polar surface area (TPSA) is 99.0 Å². The van der Waals surface area contributed by atoms with Crippen LogP contribution in [-0.2, 0) is 22.6 Å². The molecule has 1 N–H and O–H groups in total. The van der Waals surface area contributed by atoms with E-state index in [1.165, 1.54) is 4.80 Å². The quantitative estimate of drug-likeness (QED) is 0.627. The van der Waals surface area contributed by atoms with Gasteiger partial charge in [-0.1, -0.05) is 18.2 Å².